The van der Waals surface area contributed by atoms with Gasteiger partial charge in [-0.15, -0.1) is 0 Å². The Labute approximate surface area is 118 Å². The first-order chi connectivity index (χ1) is 9.28. The van der Waals surface area contributed by atoms with Crippen LogP contribution in [0.15, 0.2) is 24.3 Å². The van der Waals surface area contributed by atoms with Gasteiger partial charge in [0.15, 0.2) is 6.10 Å². The van der Waals surface area contributed by atoms with Gasteiger partial charge in [-0.2, -0.15) is 0 Å². The molecule has 0 radical (unpaired) electrons. The second kappa shape index (κ2) is 6.41. The molecule has 0 bridgehead atoms. The Morgan fingerprint density at radius 2 is 1.90 bits per heavy atom. The summed E-state index contributed by atoms with van der Waals surface area (Å²) >= 11 is 0. The number of amides is 1. The van der Waals surface area contributed by atoms with Crippen molar-refractivity contribution in [3.63, 3.8) is 0 Å². The molecule has 2 unspecified atom stereocenters. The summed E-state index contributed by atoms with van der Waals surface area (Å²) in [4.78, 5) is 23.1. The lowest BCUT2D eigenvalue weighted by molar-refractivity contribution is -0.148. The zero-order valence-corrected chi connectivity index (χ0v) is 12.3. The number of carbonyl (C=O) groups is 2. The number of carboxylic acid groups (broad SMARTS) is 1. The molecular weight excluding hydrogens is 258 g/mol. The van der Waals surface area contributed by atoms with Crippen molar-refractivity contribution in [2.45, 2.75) is 45.8 Å². The fourth-order valence-electron chi connectivity index (χ4n) is 1.54. The molecular formula is C15H21NO4. The number of carboxylic acids is 1. The third kappa shape index (κ3) is 3.98. The number of aliphatic carboxylic acids is 1. The number of ether oxygens (including phenoxy) is 1. The van der Waals surface area contributed by atoms with Crippen LogP contribution in [0.4, 0.5) is 0 Å². The van der Waals surface area contributed by atoms with Crippen molar-refractivity contribution in [2.24, 2.45) is 0 Å². The van der Waals surface area contributed by atoms with Gasteiger partial charge in [0.05, 0.1) is 0 Å². The van der Waals surface area contributed by atoms with Crippen molar-refractivity contribution in [1.82, 2.24) is 5.32 Å². The molecule has 0 aliphatic carbocycles. The van der Waals surface area contributed by atoms with Crippen molar-refractivity contribution < 1.29 is 19.4 Å². The maximum absolute atomic E-state index is 12.0. The third-order valence-electron chi connectivity index (χ3n) is 3.28. The summed E-state index contributed by atoms with van der Waals surface area (Å²) in [7, 11) is 0. The normalized spacial score (nSPS) is 15.0. The summed E-state index contributed by atoms with van der Waals surface area (Å²) in [6, 6.07) is 7.31. The molecule has 5 nitrogen and oxygen atoms in total. The van der Waals surface area contributed by atoms with E-state index in [4.69, 9.17) is 9.84 Å². The van der Waals surface area contributed by atoms with Crippen LogP contribution in [-0.4, -0.2) is 28.6 Å². The van der Waals surface area contributed by atoms with Gasteiger partial charge < -0.3 is 15.2 Å². The first kappa shape index (κ1) is 16.0. The van der Waals surface area contributed by atoms with E-state index in [0.29, 0.717) is 12.2 Å². The van der Waals surface area contributed by atoms with E-state index in [1.54, 1.807) is 26.0 Å². The van der Waals surface area contributed by atoms with E-state index in [1.165, 1.54) is 6.92 Å². The topological polar surface area (TPSA) is 75.6 Å². The molecule has 0 aromatic heterocycles. The summed E-state index contributed by atoms with van der Waals surface area (Å²) in [5.41, 5.74) is -0.180. The van der Waals surface area contributed by atoms with E-state index in [2.05, 4.69) is 5.32 Å². The Bertz CT molecular complexity index is 483. The molecule has 5 heteroatoms. The highest BCUT2D eigenvalue weighted by molar-refractivity contribution is 5.88. The smallest absolute Gasteiger partial charge is 0.329 e. The molecule has 1 aromatic rings. The van der Waals surface area contributed by atoms with E-state index in [-0.39, 0.29) is 0 Å². The Hall–Kier alpha value is -2.04. The number of rotatable bonds is 6. The minimum absolute atomic E-state index is 0.297. The lowest BCUT2D eigenvalue weighted by Crippen LogP contribution is -2.54. The van der Waals surface area contributed by atoms with Gasteiger partial charge in [0.25, 0.3) is 5.91 Å². The second-order valence-corrected chi connectivity index (χ2v) is 5.05. The minimum Gasteiger partial charge on any atom is -0.481 e. The van der Waals surface area contributed by atoms with Crippen LogP contribution in [0, 0.1) is 6.92 Å². The predicted molar refractivity (Wildman–Crippen MR) is 75.7 cm³/mol. The third-order valence-corrected chi connectivity index (χ3v) is 3.28. The monoisotopic (exact) mass is 279 g/mol. The van der Waals surface area contributed by atoms with E-state index < -0.39 is 23.5 Å². The number of nitrogens with one attached hydrogen (secondary N) is 1. The molecule has 1 aromatic carbocycles. The molecule has 0 saturated heterocycles. The number of carbonyl (C=O) groups excluding carboxylic acids is 1. The number of aryl methyl sites for hydroxylation is 1. The van der Waals surface area contributed by atoms with Crippen molar-refractivity contribution in [3.8, 4) is 5.75 Å². The molecule has 0 spiro atoms. The molecule has 0 aliphatic heterocycles. The van der Waals surface area contributed by atoms with Crippen molar-refractivity contribution in [2.75, 3.05) is 0 Å². The summed E-state index contributed by atoms with van der Waals surface area (Å²) in [5, 5.41) is 11.6. The van der Waals surface area contributed by atoms with Gasteiger partial charge in [-0.25, -0.2) is 4.79 Å². The first-order valence-corrected chi connectivity index (χ1v) is 6.57. The predicted octanol–water partition coefficient (Wildman–Crippen LogP) is 2.13. The SMILES string of the molecule is CCC(C)(NC(=O)C(C)Oc1ccc(C)cc1)C(=O)O. The maximum Gasteiger partial charge on any atom is 0.329 e. The Kier molecular flexibility index (Phi) is 5.13. The summed E-state index contributed by atoms with van der Waals surface area (Å²) in [5.74, 6) is -0.931. The van der Waals surface area contributed by atoms with Gasteiger partial charge in [-0.1, -0.05) is 24.6 Å². The fourth-order valence-corrected chi connectivity index (χ4v) is 1.54. The lowest BCUT2D eigenvalue weighted by atomic mass is 9.99. The zero-order valence-electron chi connectivity index (χ0n) is 12.3. The molecule has 110 valence electrons. The lowest BCUT2D eigenvalue weighted by Gasteiger charge is -2.26. The van der Waals surface area contributed by atoms with Crippen LogP contribution in [-0.2, 0) is 9.59 Å². The number of hydrogen-bond donors (Lipinski definition) is 2. The van der Waals surface area contributed by atoms with Gasteiger partial charge in [0, 0.05) is 0 Å². The average Bonchev–Trinajstić information content (AvgIpc) is 2.40. The van der Waals surface area contributed by atoms with Crippen LogP contribution in [0.1, 0.15) is 32.8 Å². The van der Waals surface area contributed by atoms with Crippen molar-refractivity contribution in [1.29, 1.82) is 0 Å². The summed E-state index contributed by atoms with van der Waals surface area (Å²) in [6.45, 7) is 6.73. The van der Waals surface area contributed by atoms with Crippen LogP contribution < -0.4 is 10.1 Å². The summed E-state index contributed by atoms with van der Waals surface area (Å²) < 4.78 is 5.50. The van der Waals surface area contributed by atoms with Gasteiger partial charge in [-0.05, 0) is 39.3 Å². The van der Waals surface area contributed by atoms with Crippen LogP contribution in [0.2, 0.25) is 0 Å². The molecule has 0 heterocycles. The highest BCUT2D eigenvalue weighted by atomic mass is 16.5. The largest absolute Gasteiger partial charge is 0.481 e. The van der Waals surface area contributed by atoms with E-state index in [0.717, 1.165) is 5.56 Å². The average molecular weight is 279 g/mol. The van der Waals surface area contributed by atoms with Gasteiger partial charge in [0.1, 0.15) is 11.3 Å². The van der Waals surface area contributed by atoms with Crippen molar-refractivity contribution >= 4 is 11.9 Å². The van der Waals surface area contributed by atoms with Gasteiger partial charge in [-0.3, -0.25) is 4.79 Å². The number of benzene rings is 1. The molecule has 0 aliphatic rings. The summed E-state index contributed by atoms with van der Waals surface area (Å²) in [6.07, 6.45) is -0.464. The van der Waals surface area contributed by atoms with E-state index in [1.807, 2.05) is 19.1 Å². The Morgan fingerprint density at radius 3 is 2.35 bits per heavy atom. The second-order valence-electron chi connectivity index (χ2n) is 5.05. The zero-order chi connectivity index (χ0) is 15.3. The minimum atomic E-state index is -1.28. The van der Waals surface area contributed by atoms with Gasteiger partial charge in [0.2, 0.25) is 0 Å². The van der Waals surface area contributed by atoms with Gasteiger partial charge >= 0.3 is 5.97 Å². The van der Waals surface area contributed by atoms with Crippen LogP contribution in [0.3, 0.4) is 0 Å². The quantitative estimate of drug-likeness (QED) is 0.836. The standard InChI is InChI=1S/C15H21NO4/c1-5-15(4,14(18)19)16-13(17)11(3)20-12-8-6-10(2)7-9-12/h6-9,11H,5H2,1-4H3,(H,16,17)(H,18,19). The van der Waals surface area contributed by atoms with Crippen LogP contribution in [0.5, 0.6) is 5.75 Å². The number of hydrogen-bond acceptors (Lipinski definition) is 3. The Morgan fingerprint density at radius 1 is 1.35 bits per heavy atom. The van der Waals surface area contributed by atoms with Crippen molar-refractivity contribution in [3.05, 3.63) is 29.8 Å². The van der Waals surface area contributed by atoms with Crippen LogP contribution in [0.25, 0.3) is 0 Å². The molecule has 1 rings (SSSR count). The van der Waals surface area contributed by atoms with Crippen LogP contribution >= 0.6 is 0 Å². The first-order valence-electron chi connectivity index (χ1n) is 6.57. The molecule has 2 atom stereocenters. The van der Waals surface area contributed by atoms with E-state index in [9.17, 15) is 9.59 Å². The highest BCUT2D eigenvalue weighted by Gasteiger charge is 2.34. The molecule has 20 heavy (non-hydrogen) atoms. The van der Waals surface area contributed by atoms with E-state index >= 15 is 0 Å². The maximum atomic E-state index is 12.0. The Balaban J connectivity index is 2.67. The molecule has 1 amide bonds. The molecule has 0 saturated carbocycles. The fraction of sp³-hybridized carbons (Fsp3) is 0.467. The molecule has 2 N–H and O–H groups in total. The highest BCUT2D eigenvalue weighted by Crippen LogP contribution is 2.15. The molecule has 0 fully saturated rings.